The Hall–Kier alpha value is -5.72. The lowest BCUT2D eigenvalue weighted by atomic mass is 10.1. The standard InChI is InChI=1S/C31H28F3N7O3/c1-5-26(42)39-24-15-22(12-10-17(24)2)38-30-36-16-23(27(35-4)41-30)29(44)40-25-14-21(11-9-18(25)3)37-28(43)19-7-6-8-20(13-19)31(32,33)34/h5-16H,1H2,2-4H3,(H,37,43)(H,39,42)(H,40,44)(H2,35,36,38,41). The number of aryl methyl sites for hydroxylation is 2. The van der Waals surface area contributed by atoms with E-state index in [-0.39, 0.29) is 34.5 Å². The van der Waals surface area contributed by atoms with Gasteiger partial charge in [-0.15, -0.1) is 0 Å². The molecule has 3 aromatic carbocycles. The van der Waals surface area contributed by atoms with Crippen LogP contribution in [0.1, 0.15) is 37.4 Å². The van der Waals surface area contributed by atoms with Crippen LogP contribution >= 0.6 is 0 Å². The molecule has 13 heteroatoms. The van der Waals surface area contributed by atoms with Crippen molar-refractivity contribution in [2.45, 2.75) is 20.0 Å². The number of hydrogen-bond acceptors (Lipinski definition) is 7. The zero-order valence-corrected chi connectivity index (χ0v) is 23.9. The van der Waals surface area contributed by atoms with Gasteiger partial charge in [-0.3, -0.25) is 14.4 Å². The van der Waals surface area contributed by atoms with E-state index in [1.807, 2.05) is 6.92 Å². The van der Waals surface area contributed by atoms with Gasteiger partial charge in [0, 0.05) is 41.6 Å². The Bertz CT molecular complexity index is 1760. The van der Waals surface area contributed by atoms with Gasteiger partial charge in [0.25, 0.3) is 11.8 Å². The molecule has 0 fully saturated rings. The Balaban J connectivity index is 1.49. The molecule has 0 aliphatic heterocycles. The van der Waals surface area contributed by atoms with Crippen molar-refractivity contribution in [3.8, 4) is 0 Å². The van der Waals surface area contributed by atoms with Crippen LogP contribution in [-0.4, -0.2) is 34.7 Å². The number of carbonyl (C=O) groups is 3. The van der Waals surface area contributed by atoms with Gasteiger partial charge in [0.2, 0.25) is 11.9 Å². The molecule has 4 aromatic rings. The molecule has 1 heterocycles. The fourth-order valence-electron chi connectivity index (χ4n) is 4.01. The topological polar surface area (TPSA) is 137 Å². The molecule has 4 rings (SSSR count). The van der Waals surface area contributed by atoms with E-state index < -0.39 is 23.6 Å². The van der Waals surface area contributed by atoms with E-state index in [0.29, 0.717) is 22.6 Å². The Morgan fingerprint density at radius 2 is 1.50 bits per heavy atom. The summed E-state index contributed by atoms with van der Waals surface area (Å²) in [6.45, 7) is 7.03. The molecule has 0 aliphatic carbocycles. The summed E-state index contributed by atoms with van der Waals surface area (Å²) >= 11 is 0. The molecule has 226 valence electrons. The van der Waals surface area contributed by atoms with Gasteiger partial charge in [0.15, 0.2) is 0 Å². The third-order valence-electron chi connectivity index (χ3n) is 6.40. The zero-order valence-electron chi connectivity index (χ0n) is 23.9. The smallest absolute Gasteiger partial charge is 0.372 e. The summed E-state index contributed by atoms with van der Waals surface area (Å²) in [5.41, 5.74) is 2.31. The monoisotopic (exact) mass is 603 g/mol. The van der Waals surface area contributed by atoms with Crippen molar-refractivity contribution in [3.63, 3.8) is 0 Å². The van der Waals surface area contributed by atoms with Crippen LogP contribution in [-0.2, 0) is 11.0 Å². The van der Waals surface area contributed by atoms with E-state index in [2.05, 4.69) is 43.1 Å². The number of halogens is 3. The lowest BCUT2D eigenvalue weighted by Gasteiger charge is -2.14. The molecule has 10 nitrogen and oxygen atoms in total. The van der Waals surface area contributed by atoms with Crippen molar-refractivity contribution in [1.82, 2.24) is 9.97 Å². The van der Waals surface area contributed by atoms with Gasteiger partial charge in [-0.2, -0.15) is 18.2 Å². The molecular formula is C31H28F3N7O3. The number of alkyl halides is 3. The Morgan fingerprint density at radius 1 is 0.841 bits per heavy atom. The maximum atomic E-state index is 13.2. The van der Waals surface area contributed by atoms with Crippen LogP contribution in [0.3, 0.4) is 0 Å². The molecule has 0 saturated heterocycles. The number of anilines is 6. The van der Waals surface area contributed by atoms with Gasteiger partial charge in [0.1, 0.15) is 11.4 Å². The van der Waals surface area contributed by atoms with Crippen molar-refractivity contribution in [2.24, 2.45) is 0 Å². The second-order valence-corrected chi connectivity index (χ2v) is 9.57. The maximum Gasteiger partial charge on any atom is 0.416 e. The van der Waals surface area contributed by atoms with E-state index in [9.17, 15) is 27.6 Å². The minimum Gasteiger partial charge on any atom is -0.372 e. The van der Waals surface area contributed by atoms with Gasteiger partial charge in [0.05, 0.1) is 5.56 Å². The normalized spacial score (nSPS) is 10.9. The minimum atomic E-state index is -4.59. The van der Waals surface area contributed by atoms with Gasteiger partial charge in [-0.05, 0) is 73.5 Å². The van der Waals surface area contributed by atoms with Crippen molar-refractivity contribution >= 4 is 52.2 Å². The fourth-order valence-corrected chi connectivity index (χ4v) is 4.01. The summed E-state index contributed by atoms with van der Waals surface area (Å²) in [4.78, 5) is 46.2. The second kappa shape index (κ2) is 13.1. The van der Waals surface area contributed by atoms with Crippen molar-refractivity contribution in [1.29, 1.82) is 0 Å². The summed E-state index contributed by atoms with van der Waals surface area (Å²) in [7, 11) is 1.59. The molecular weight excluding hydrogens is 575 g/mol. The number of aromatic nitrogens is 2. The van der Waals surface area contributed by atoms with E-state index in [4.69, 9.17) is 0 Å². The number of hydrogen-bond donors (Lipinski definition) is 5. The summed E-state index contributed by atoms with van der Waals surface area (Å²) in [5.74, 6) is -1.23. The second-order valence-electron chi connectivity index (χ2n) is 9.57. The predicted molar refractivity (Wildman–Crippen MR) is 163 cm³/mol. The number of nitrogens with zero attached hydrogens (tertiary/aromatic N) is 2. The number of carbonyl (C=O) groups excluding carboxylic acids is 3. The number of rotatable bonds is 9. The zero-order chi connectivity index (χ0) is 32.0. The maximum absolute atomic E-state index is 13.2. The number of amides is 3. The van der Waals surface area contributed by atoms with E-state index >= 15 is 0 Å². The highest BCUT2D eigenvalue weighted by molar-refractivity contribution is 6.09. The van der Waals surface area contributed by atoms with Crippen molar-refractivity contribution in [2.75, 3.05) is 33.6 Å². The summed E-state index contributed by atoms with van der Waals surface area (Å²) in [5, 5.41) is 14.0. The minimum absolute atomic E-state index is 0.124. The summed E-state index contributed by atoms with van der Waals surface area (Å²) in [6.07, 6.45) is -2.09. The molecule has 0 radical (unpaired) electrons. The van der Waals surface area contributed by atoms with Crippen LogP contribution < -0.4 is 26.6 Å². The van der Waals surface area contributed by atoms with Gasteiger partial charge in [-0.25, -0.2) is 4.98 Å². The van der Waals surface area contributed by atoms with E-state index in [1.54, 1.807) is 44.3 Å². The molecule has 0 bridgehead atoms. The Morgan fingerprint density at radius 3 is 2.16 bits per heavy atom. The Kier molecular flexibility index (Phi) is 9.27. The third-order valence-corrected chi connectivity index (χ3v) is 6.40. The summed E-state index contributed by atoms with van der Waals surface area (Å²) in [6, 6.07) is 14.1. The quantitative estimate of drug-likeness (QED) is 0.137. The lowest BCUT2D eigenvalue weighted by molar-refractivity contribution is -0.137. The van der Waals surface area contributed by atoms with Gasteiger partial charge in [-0.1, -0.05) is 24.8 Å². The molecule has 0 spiro atoms. The Labute approximate surface area is 250 Å². The number of benzene rings is 3. The lowest BCUT2D eigenvalue weighted by Crippen LogP contribution is -2.17. The van der Waals surface area contributed by atoms with E-state index in [0.717, 1.165) is 23.8 Å². The largest absolute Gasteiger partial charge is 0.416 e. The number of nitrogens with one attached hydrogen (secondary N) is 5. The predicted octanol–water partition coefficient (Wildman–Crippen LogP) is 6.53. The molecule has 0 unspecified atom stereocenters. The molecule has 0 saturated carbocycles. The summed E-state index contributed by atoms with van der Waals surface area (Å²) < 4.78 is 39.2. The van der Waals surface area contributed by atoms with Crippen LogP contribution in [0.5, 0.6) is 0 Å². The first-order valence-corrected chi connectivity index (χ1v) is 13.1. The molecule has 0 aliphatic rings. The molecule has 5 N–H and O–H groups in total. The van der Waals surface area contributed by atoms with Crippen LogP contribution in [0.15, 0.2) is 79.5 Å². The molecule has 44 heavy (non-hydrogen) atoms. The highest BCUT2D eigenvalue weighted by atomic mass is 19.4. The average molecular weight is 604 g/mol. The first-order valence-electron chi connectivity index (χ1n) is 13.1. The van der Waals surface area contributed by atoms with Crippen LogP contribution in [0.4, 0.5) is 47.7 Å². The average Bonchev–Trinajstić information content (AvgIpc) is 2.99. The first kappa shape index (κ1) is 31.2. The highest BCUT2D eigenvalue weighted by Gasteiger charge is 2.31. The van der Waals surface area contributed by atoms with Gasteiger partial charge >= 0.3 is 6.18 Å². The van der Waals surface area contributed by atoms with Crippen LogP contribution in [0.25, 0.3) is 0 Å². The fraction of sp³-hybridized carbons (Fsp3) is 0.129. The molecule has 1 aromatic heterocycles. The van der Waals surface area contributed by atoms with Gasteiger partial charge < -0.3 is 26.6 Å². The first-order chi connectivity index (χ1) is 20.9. The molecule has 3 amide bonds. The molecule has 0 atom stereocenters. The van der Waals surface area contributed by atoms with Crippen molar-refractivity contribution < 1.29 is 27.6 Å². The third kappa shape index (κ3) is 7.56. The highest BCUT2D eigenvalue weighted by Crippen LogP contribution is 2.30. The van der Waals surface area contributed by atoms with E-state index in [1.165, 1.54) is 24.4 Å². The van der Waals surface area contributed by atoms with Crippen LogP contribution in [0, 0.1) is 13.8 Å². The van der Waals surface area contributed by atoms with Crippen LogP contribution in [0.2, 0.25) is 0 Å². The van der Waals surface area contributed by atoms with Crippen molar-refractivity contribution in [3.05, 3.63) is 107 Å². The SMILES string of the molecule is C=CC(=O)Nc1cc(Nc2ncc(C(=O)Nc3cc(NC(=O)c4cccc(C(F)(F)F)c4)ccc3C)c(NC)n2)ccc1C.